The van der Waals surface area contributed by atoms with Crippen LogP contribution in [0.1, 0.15) is 6.55 Å². The number of hydrogen-bond donors (Lipinski definition) is 1. The van der Waals surface area contributed by atoms with Crippen molar-refractivity contribution in [3.8, 4) is 11.1 Å². The van der Waals surface area contributed by atoms with Gasteiger partial charge in [-0.1, -0.05) is 12.1 Å². The van der Waals surface area contributed by atoms with E-state index in [0.717, 1.165) is 10.8 Å². The number of rotatable bonds is 5. The molecule has 0 bridgehead atoms. The maximum atomic E-state index is 13.4. The molecule has 1 N–H and O–H groups in total. The van der Waals surface area contributed by atoms with Crippen LogP contribution in [0.5, 0.6) is 0 Å². The fourth-order valence-corrected chi connectivity index (χ4v) is 4.62. The van der Waals surface area contributed by atoms with Gasteiger partial charge in [0.15, 0.2) is 9.84 Å². The second-order valence-electron chi connectivity index (χ2n) is 7.49. The van der Waals surface area contributed by atoms with E-state index in [9.17, 15) is 17.2 Å². The van der Waals surface area contributed by atoms with Crippen LogP contribution in [-0.4, -0.2) is 34.2 Å². The van der Waals surface area contributed by atoms with Gasteiger partial charge in [-0.15, -0.1) is 0 Å². The van der Waals surface area contributed by atoms with Crippen LogP contribution >= 0.6 is 0 Å². The minimum atomic E-state index is -3.49. The topological polar surface area (TPSA) is 89.8 Å². The Morgan fingerprint density at radius 3 is 2.61 bits per heavy atom. The Labute approximate surface area is 187 Å². The molecule has 10 heteroatoms. The van der Waals surface area contributed by atoms with Gasteiger partial charge in [0.25, 0.3) is 0 Å². The lowest BCUT2D eigenvalue weighted by molar-refractivity contribution is 0.0752. The SMILES string of the molecule is CS(=O)(=O)c1ccncc1Nc1cc(-c2ccc3ccn(C(F)F)c3c2)c2nccnc2c1. The maximum Gasteiger partial charge on any atom is 0.319 e. The van der Waals surface area contributed by atoms with Gasteiger partial charge < -0.3 is 5.32 Å². The number of anilines is 2. The molecule has 3 heterocycles. The molecule has 0 saturated heterocycles. The van der Waals surface area contributed by atoms with Crippen LogP contribution < -0.4 is 5.32 Å². The molecule has 0 spiro atoms. The number of fused-ring (bicyclic) bond motifs is 2. The van der Waals surface area contributed by atoms with Crippen molar-refractivity contribution in [2.45, 2.75) is 11.4 Å². The monoisotopic (exact) mass is 465 g/mol. The summed E-state index contributed by atoms with van der Waals surface area (Å²) in [6, 6.07) is 11.9. The molecule has 0 aliphatic rings. The van der Waals surface area contributed by atoms with E-state index in [4.69, 9.17) is 0 Å². The van der Waals surface area contributed by atoms with Crippen molar-refractivity contribution in [2.75, 3.05) is 11.6 Å². The van der Waals surface area contributed by atoms with Gasteiger partial charge >= 0.3 is 6.55 Å². The van der Waals surface area contributed by atoms with Gasteiger partial charge in [0.2, 0.25) is 0 Å². The first-order valence-electron chi connectivity index (χ1n) is 9.86. The second kappa shape index (κ2) is 7.89. The van der Waals surface area contributed by atoms with Crippen molar-refractivity contribution in [3.05, 3.63) is 73.4 Å². The van der Waals surface area contributed by atoms with Crippen LogP contribution in [0.4, 0.5) is 20.2 Å². The van der Waals surface area contributed by atoms with Gasteiger partial charge in [0.05, 0.1) is 33.3 Å². The van der Waals surface area contributed by atoms with Gasteiger partial charge in [0, 0.05) is 42.3 Å². The van der Waals surface area contributed by atoms with Crippen molar-refractivity contribution in [1.82, 2.24) is 19.5 Å². The molecule has 0 amide bonds. The molecule has 33 heavy (non-hydrogen) atoms. The highest BCUT2D eigenvalue weighted by Crippen LogP contribution is 2.34. The number of aromatic nitrogens is 4. The lowest BCUT2D eigenvalue weighted by Crippen LogP contribution is -2.03. The van der Waals surface area contributed by atoms with Crippen LogP contribution in [0.3, 0.4) is 0 Å². The van der Waals surface area contributed by atoms with E-state index in [1.54, 1.807) is 42.7 Å². The van der Waals surface area contributed by atoms with Crippen molar-refractivity contribution in [2.24, 2.45) is 0 Å². The van der Waals surface area contributed by atoms with Crippen LogP contribution in [0, 0.1) is 0 Å². The van der Waals surface area contributed by atoms with E-state index in [2.05, 4.69) is 20.3 Å². The first-order valence-corrected chi connectivity index (χ1v) is 11.8. The zero-order valence-corrected chi connectivity index (χ0v) is 18.1. The maximum absolute atomic E-state index is 13.4. The molecule has 7 nitrogen and oxygen atoms in total. The number of halogens is 2. The molecule has 0 saturated carbocycles. The number of hydrogen-bond acceptors (Lipinski definition) is 6. The Morgan fingerprint density at radius 1 is 1.00 bits per heavy atom. The van der Waals surface area contributed by atoms with E-state index in [-0.39, 0.29) is 4.90 Å². The van der Waals surface area contributed by atoms with Crippen molar-refractivity contribution >= 4 is 43.1 Å². The highest BCUT2D eigenvalue weighted by atomic mass is 32.2. The minimum absolute atomic E-state index is 0.106. The van der Waals surface area contributed by atoms with E-state index in [1.807, 2.05) is 6.07 Å². The fourth-order valence-electron chi connectivity index (χ4n) is 3.81. The number of pyridine rings is 1. The summed E-state index contributed by atoms with van der Waals surface area (Å²) >= 11 is 0. The largest absolute Gasteiger partial charge is 0.353 e. The number of nitrogens with zero attached hydrogens (tertiary/aromatic N) is 4. The predicted octanol–water partition coefficient (Wildman–Crippen LogP) is 5.19. The lowest BCUT2D eigenvalue weighted by Gasteiger charge is -2.14. The van der Waals surface area contributed by atoms with Gasteiger partial charge in [-0.3, -0.25) is 19.5 Å². The average Bonchev–Trinajstić information content (AvgIpc) is 3.22. The smallest absolute Gasteiger partial charge is 0.319 e. The van der Waals surface area contributed by atoms with E-state index >= 15 is 0 Å². The summed E-state index contributed by atoms with van der Waals surface area (Å²) in [5.74, 6) is 0. The number of benzene rings is 2. The molecule has 166 valence electrons. The molecule has 0 unspecified atom stereocenters. The molecular weight excluding hydrogens is 448 g/mol. The summed E-state index contributed by atoms with van der Waals surface area (Å²) in [5, 5.41) is 3.80. The molecule has 0 aliphatic heterocycles. The van der Waals surface area contributed by atoms with Gasteiger partial charge in [-0.2, -0.15) is 8.78 Å². The first kappa shape index (κ1) is 21.0. The number of sulfone groups is 1. The quantitative estimate of drug-likeness (QED) is 0.384. The highest BCUT2D eigenvalue weighted by molar-refractivity contribution is 7.90. The van der Waals surface area contributed by atoms with Crippen molar-refractivity contribution in [3.63, 3.8) is 0 Å². The van der Waals surface area contributed by atoms with E-state index in [0.29, 0.717) is 44.4 Å². The summed E-state index contributed by atoms with van der Waals surface area (Å²) in [4.78, 5) is 12.9. The summed E-state index contributed by atoms with van der Waals surface area (Å²) < 4.78 is 52.1. The standard InChI is InChI=1S/C23H17F2N5O2S/c1-33(31,32)21-4-6-26-13-19(21)29-16-11-17(22-18(12-16)27-7-8-28-22)15-3-2-14-5-9-30(23(24)25)20(14)10-15/h2-13,23,29H,1H3. The Morgan fingerprint density at radius 2 is 1.82 bits per heavy atom. The molecule has 0 radical (unpaired) electrons. The van der Waals surface area contributed by atoms with Crippen LogP contribution in [0.25, 0.3) is 33.1 Å². The predicted molar refractivity (Wildman–Crippen MR) is 122 cm³/mol. The molecule has 2 aromatic carbocycles. The molecule has 0 atom stereocenters. The molecular formula is C23H17F2N5O2S. The first-order chi connectivity index (χ1) is 15.8. The number of alkyl halides is 2. The minimum Gasteiger partial charge on any atom is -0.353 e. The fraction of sp³-hybridized carbons (Fsp3) is 0.0870. The highest BCUT2D eigenvalue weighted by Gasteiger charge is 2.16. The van der Waals surface area contributed by atoms with Gasteiger partial charge in [-0.25, -0.2) is 8.42 Å². The third-order valence-corrected chi connectivity index (χ3v) is 6.43. The van der Waals surface area contributed by atoms with Crippen molar-refractivity contribution < 1.29 is 17.2 Å². The Bertz CT molecular complexity index is 1620. The molecule has 3 aromatic heterocycles. The zero-order valence-electron chi connectivity index (χ0n) is 17.3. The summed E-state index contributed by atoms with van der Waals surface area (Å²) in [6.07, 6.45) is 8.42. The lowest BCUT2D eigenvalue weighted by atomic mass is 10.0. The Kier molecular flexibility index (Phi) is 5.01. The zero-order chi connectivity index (χ0) is 23.2. The number of nitrogens with one attached hydrogen (secondary N) is 1. The average molecular weight is 465 g/mol. The molecule has 0 aliphatic carbocycles. The van der Waals surface area contributed by atoms with Crippen LogP contribution in [0.15, 0.2) is 78.3 Å². The van der Waals surface area contributed by atoms with Gasteiger partial charge in [-0.05, 0) is 41.3 Å². The molecule has 0 fully saturated rings. The van der Waals surface area contributed by atoms with E-state index < -0.39 is 16.4 Å². The normalized spacial score (nSPS) is 12.0. The Balaban J connectivity index is 1.69. The molecule has 5 rings (SSSR count). The van der Waals surface area contributed by atoms with Crippen molar-refractivity contribution in [1.29, 1.82) is 0 Å². The van der Waals surface area contributed by atoms with E-state index in [1.165, 1.54) is 24.7 Å². The Hall–Kier alpha value is -3.92. The molecule has 5 aromatic rings. The van der Waals surface area contributed by atoms with Crippen LogP contribution in [-0.2, 0) is 9.84 Å². The third-order valence-electron chi connectivity index (χ3n) is 5.28. The summed E-state index contributed by atoms with van der Waals surface area (Å²) in [5.41, 5.74) is 3.75. The van der Waals surface area contributed by atoms with Crippen LogP contribution in [0.2, 0.25) is 0 Å². The van der Waals surface area contributed by atoms with Gasteiger partial charge in [0.1, 0.15) is 0 Å². The second-order valence-corrected chi connectivity index (χ2v) is 9.48. The third kappa shape index (κ3) is 3.89. The summed E-state index contributed by atoms with van der Waals surface area (Å²) in [6.45, 7) is -2.66. The summed E-state index contributed by atoms with van der Waals surface area (Å²) in [7, 11) is -3.49.